The van der Waals surface area contributed by atoms with E-state index >= 15 is 0 Å². The number of rotatable bonds is 5. The van der Waals surface area contributed by atoms with E-state index in [4.69, 9.17) is 9.15 Å². The number of nitrogens with zero attached hydrogens (tertiary/aromatic N) is 1. The minimum atomic E-state index is -0.488. The third kappa shape index (κ3) is 4.03. The summed E-state index contributed by atoms with van der Waals surface area (Å²) in [6, 6.07) is 3.46. The molecule has 6 nitrogen and oxygen atoms in total. The van der Waals surface area contributed by atoms with Gasteiger partial charge >= 0.3 is 5.97 Å². The fourth-order valence-corrected chi connectivity index (χ4v) is 2.33. The van der Waals surface area contributed by atoms with E-state index in [9.17, 15) is 9.59 Å². The summed E-state index contributed by atoms with van der Waals surface area (Å²) >= 11 is 1.22. The van der Waals surface area contributed by atoms with E-state index in [1.807, 2.05) is 0 Å². The number of ether oxygens (including phenoxy) is 1. The molecule has 110 valence electrons. The predicted molar refractivity (Wildman–Crippen MR) is 79.2 cm³/mol. The van der Waals surface area contributed by atoms with Crippen LogP contribution in [0.5, 0.6) is 0 Å². The van der Waals surface area contributed by atoms with Crippen molar-refractivity contribution in [3.8, 4) is 0 Å². The maximum Gasteiger partial charge on any atom is 0.358 e. The highest BCUT2D eigenvalue weighted by Gasteiger charge is 2.17. The number of furan rings is 1. The van der Waals surface area contributed by atoms with Crippen LogP contribution >= 0.6 is 11.3 Å². The second kappa shape index (κ2) is 6.85. The summed E-state index contributed by atoms with van der Waals surface area (Å²) in [7, 11) is 0. The van der Waals surface area contributed by atoms with Gasteiger partial charge in [0.1, 0.15) is 5.76 Å². The summed E-state index contributed by atoms with van der Waals surface area (Å²) in [5.41, 5.74) is 0.229. The van der Waals surface area contributed by atoms with Crippen molar-refractivity contribution in [1.82, 2.24) is 4.98 Å². The van der Waals surface area contributed by atoms with Gasteiger partial charge in [0, 0.05) is 11.0 Å². The molecule has 2 heterocycles. The minimum Gasteiger partial charge on any atom is -0.465 e. The van der Waals surface area contributed by atoms with Crippen molar-refractivity contribution in [2.45, 2.75) is 13.8 Å². The van der Waals surface area contributed by atoms with Crippen molar-refractivity contribution < 1.29 is 18.7 Å². The molecule has 0 atom stereocenters. The largest absolute Gasteiger partial charge is 0.465 e. The smallest absolute Gasteiger partial charge is 0.358 e. The Morgan fingerprint density at radius 3 is 3.00 bits per heavy atom. The van der Waals surface area contributed by atoms with Gasteiger partial charge in [0.25, 0.3) is 0 Å². The van der Waals surface area contributed by atoms with Gasteiger partial charge in [0.2, 0.25) is 5.91 Å². The second-order valence-corrected chi connectivity index (χ2v) is 5.19. The zero-order chi connectivity index (χ0) is 15.2. The van der Waals surface area contributed by atoms with Gasteiger partial charge in [-0.25, -0.2) is 9.78 Å². The number of carbonyl (C=O) groups excluding carboxylic acids is 2. The molecule has 0 aliphatic carbocycles. The molecular formula is C14H14N2O4S. The van der Waals surface area contributed by atoms with E-state index < -0.39 is 5.97 Å². The van der Waals surface area contributed by atoms with E-state index in [0.29, 0.717) is 15.8 Å². The molecule has 0 aliphatic rings. The average Bonchev–Trinajstić information content (AvgIpc) is 3.06. The fourth-order valence-electron chi connectivity index (χ4n) is 1.53. The number of aryl methyl sites for hydroxylation is 1. The number of aromatic nitrogens is 1. The lowest BCUT2D eigenvalue weighted by molar-refractivity contribution is -0.111. The molecule has 2 rings (SSSR count). The molecule has 2 aromatic heterocycles. The number of carbonyl (C=O) groups is 2. The average molecular weight is 306 g/mol. The molecular weight excluding hydrogens is 292 g/mol. The molecule has 0 radical (unpaired) electrons. The van der Waals surface area contributed by atoms with Crippen LogP contribution in [0.1, 0.15) is 28.0 Å². The van der Waals surface area contributed by atoms with Crippen LogP contribution in [0.25, 0.3) is 6.08 Å². The van der Waals surface area contributed by atoms with Crippen LogP contribution in [0.2, 0.25) is 0 Å². The summed E-state index contributed by atoms with van der Waals surface area (Å²) in [6.07, 6.45) is 4.40. The quantitative estimate of drug-likeness (QED) is 0.678. The first-order chi connectivity index (χ1) is 10.1. The monoisotopic (exact) mass is 306 g/mol. The fraction of sp³-hybridized carbons (Fsp3) is 0.214. The first-order valence-electron chi connectivity index (χ1n) is 6.27. The van der Waals surface area contributed by atoms with E-state index in [-0.39, 0.29) is 18.2 Å². The van der Waals surface area contributed by atoms with E-state index in [1.165, 1.54) is 23.7 Å². The predicted octanol–water partition coefficient (Wildman–Crippen LogP) is 2.87. The van der Waals surface area contributed by atoms with Crippen LogP contribution in [0.3, 0.4) is 0 Å². The molecule has 2 aromatic rings. The molecule has 7 heteroatoms. The Bertz CT molecular complexity index is 659. The van der Waals surface area contributed by atoms with Crippen LogP contribution in [0.4, 0.5) is 5.13 Å². The van der Waals surface area contributed by atoms with Crippen molar-refractivity contribution >= 4 is 34.4 Å². The highest BCUT2D eigenvalue weighted by Crippen LogP contribution is 2.22. The molecule has 0 fully saturated rings. The molecule has 0 saturated heterocycles. The van der Waals surface area contributed by atoms with Crippen LogP contribution in [-0.4, -0.2) is 23.5 Å². The van der Waals surface area contributed by atoms with Crippen molar-refractivity contribution in [1.29, 1.82) is 0 Å². The van der Waals surface area contributed by atoms with Crippen LogP contribution in [0.15, 0.2) is 28.9 Å². The van der Waals surface area contributed by atoms with Gasteiger partial charge < -0.3 is 9.15 Å². The lowest BCUT2D eigenvalue weighted by Crippen LogP contribution is -2.09. The molecule has 21 heavy (non-hydrogen) atoms. The minimum absolute atomic E-state index is 0.229. The lowest BCUT2D eigenvalue weighted by Gasteiger charge is -1.98. The summed E-state index contributed by atoms with van der Waals surface area (Å²) < 4.78 is 9.96. The summed E-state index contributed by atoms with van der Waals surface area (Å²) in [4.78, 5) is 28.1. The molecule has 0 aromatic carbocycles. The van der Waals surface area contributed by atoms with Gasteiger partial charge in [-0.15, -0.1) is 11.3 Å². The van der Waals surface area contributed by atoms with Crippen LogP contribution in [0, 0.1) is 6.92 Å². The summed E-state index contributed by atoms with van der Waals surface area (Å²) in [5.74, 6) is -0.263. The Hall–Kier alpha value is -2.41. The Morgan fingerprint density at radius 2 is 2.33 bits per heavy atom. The third-order valence-corrected chi connectivity index (χ3v) is 3.32. The maximum absolute atomic E-state index is 11.7. The zero-order valence-corrected chi connectivity index (χ0v) is 12.4. The SMILES string of the molecule is CCOC(=O)c1nc(NC(=O)/C=C/c2ccco2)sc1C. The normalized spacial score (nSPS) is 10.8. The first kappa shape index (κ1) is 15.0. The summed E-state index contributed by atoms with van der Waals surface area (Å²) in [5, 5.41) is 2.95. The number of esters is 1. The molecule has 1 amide bonds. The van der Waals surface area contributed by atoms with E-state index in [2.05, 4.69) is 10.3 Å². The number of amides is 1. The van der Waals surface area contributed by atoms with Gasteiger partial charge in [0.15, 0.2) is 10.8 Å². The van der Waals surface area contributed by atoms with E-state index in [0.717, 1.165) is 0 Å². The van der Waals surface area contributed by atoms with Gasteiger partial charge in [-0.1, -0.05) is 0 Å². The molecule has 0 spiro atoms. The molecule has 1 N–H and O–H groups in total. The second-order valence-electron chi connectivity index (χ2n) is 3.98. The van der Waals surface area contributed by atoms with Crippen molar-refractivity contribution in [3.05, 3.63) is 40.8 Å². The summed E-state index contributed by atoms with van der Waals surface area (Å²) in [6.45, 7) is 3.75. The number of nitrogens with one attached hydrogen (secondary N) is 1. The van der Waals surface area contributed by atoms with Crippen molar-refractivity contribution in [3.63, 3.8) is 0 Å². The topological polar surface area (TPSA) is 81.4 Å². The van der Waals surface area contributed by atoms with Crippen LogP contribution in [-0.2, 0) is 9.53 Å². The lowest BCUT2D eigenvalue weighted by atomic mass is 10.4. The van der Waals surface area contributed by atoms with Gasteiger partial charge in [-0.2, -0.15) is 0 Å². The molecule has 0 bridgehead atoms. The molecule has 0 unspecified atom stereocenters. The Kier molecular flexibility index (Phi) is 4.89. The van der Waals surface area contributed by atoms with E-state index in [1.54, 1.807) is 32.1 Å². The zero-order valence-electron chi connectivity index (χ0n) is 11.6. The highest BCUT2D eigenvalue weighted by molar-refractivity contribution is 7.16. The first-order valence-corrected chi connectivity index (χ1v) is 7.09. The Morgan fingerprint density at radius 1 is 1.52 bits per heavy atom. The molecule has 0 aliphatic heterocycles. The Balaban J connectivity index is 2.01. The van der Waals surface area contributed by atoms with Gasteiger partial charge in [-0.3, -0.25) is 10.1 Å². The maximum atomic E-state index is 11.7. The van der Waals surface area contributed by atoms with Crippen LogP contribution < -0.4 is 5.32 Å². The van der Waals surface area contributed by atoms with Crippen molar-refractivity contribution in [2.75, 3.05) is 11.9 Å². The molecule has 0 saturated carbocycles. The Labute approximate surface area is 125 Å². The number of hydrogen-bond donors (Lipinski definition) is 1. The highest BCUT2D eigenvalue weighted by atomic mass is 32.1. The number of thiazole rings is 1. The number of hydrogen-bond acceptors (Lipinski definition) is 6. The third-order valence-electron chi connectivity index (χ3n) is 2.44. The standard InChI is InChI=1S/C14H14N2O4S/c1-3-19-13(18)12-9(2)21-14(16-12)15-11(17)7-6-10-5-4-8-20-10/h4-8H,3H2,1-2H3,(H,15,16,17)/b7-6+. The van der Waals surface area contributed by atoms with Gasteiger partial charge in [-0.05, 0) is 32.1 Å². The van der Waals surface area contributed by atoms with Gasteiger partial charge in [0.05, 0.1) is 12.9 Å². The number of anilines is 1. The van der Waals surface area contributed by atoms with Crippen molar-refractivity contribution in [2.24, 2.45) is 0 Å².